The molecule has 0 radical (unpaired) electrons. The van der Waals surface area contributed by atoms with Crippen LogP contribution in [0.5, 0.6) is 0 Å². The van der Waals surface area contributed by atoms with Gasteiger partial charge in [-0.05, 0) is 95.1 Å². The second-order valence-corrected chi connectivity index (χ2v) is 27.1. The molecule has 10 unspecified atom stereocenters. The highest BCUT2D eigenvalue weighted by molar-refractivity contribution is 6.11. The summed E-state index contributed by atoms with van der Waals surface area (Å²) < 4.78 is 18.6. The average Bonchev–Trinajstić information content (AvgIpc) is 1.30. The number of amides is 10. The summed E-state index contributed by atoms with van der Waals surface area (Å²) in [6.07, 6.45) is 0.420. The van der Waals surface area contributed by atoms with Crippen LogP contribution in [0.4, 0.5) is 5.69 Å². The summed E-state index contributed by atoms with van der Waals surface area (Å²) in [6, 6.07) is -7.76. The molecule has 7 rings (SSSR count). The van der Waals surface area contributed by atoms with Crippen LogP contribution in [0.3, 0.4) is 0 Å². The summed E-state index contributed by atoms with van der Waals surface area (Å²) in [5, 5.41) is 14.1. The van der Waals surface area contributed by atoms with Gasteiger partial charge in [-0.15, -0.1) is 0 Å². The molecule has 1 aromatic rings. The van der Waals surface area contributed by atoms with Crippen molar-refractivity contribution < 1.29 is 71.4 Å². The summed E-state index contributed by atoms with van der Waals surface area (Å²) in [7, 11) is 5.64. The van der Waals surface area contributed by atoms with Crippen molar-refractivity contribution in [3.05, 3.63) is 44.6 Å². The summed E-state index contributed by atoms with van der Waals surface area (Å²) in [5.74, 6) is -12.0. The van der Waals surface area contributed by atoms with Crippen molar-refractivity contribution in [1.29, 1.82) is 0 Å². The number of carbonyl (C=O) groups is 12. The van der Waals surface area contributed by atoms with Crippen LogP contribution >= 0.6 is 0 Å². The first-order chi connectivity index (χ1) is 44.6. The van der Waals surface area contributed by atoms with Crippen LogP contribution in [0.1, 0.15) is 153 Å². The van der Waals surface area contributed by atoms with Crippen LogP contribution in [-0.4, -0.2) is 227 Å². The standard InChI is InChI=1S/C67H96N12O16/c1-18-19-20-27-68-51-45(59(84)73-49-39(13)94-67(92)54(35(8)9)77(17)44(81)31-75(15)63(88)42-24-22-29-79(42)65(90)47(33(4)5)71-61(49)86)52-57(37(11)55(51)82)95-56-36(10)25-26-40(50(56)69-52)58(83)72-48-38(12)93-66(91)53(34(6)7)76(16)43(80)30-74(14)62(87)41-23-21-28-78(41)64(89)46(32(2)3)70-60(48)85/h25-26,32-35,38-39,41-42,46-49,53-54,68H,18-24,27-31H2,1-17H3,(H,70,85)(H,71,86)(H,72,83)(H,73,84). The first kappa shape index (κ1) is 73.7. The summed E-state index contributed by atoms with van der Waals surface area (Å²) in [6.45, 7) is 20.9. The molecule has 5 N–H and O–H groups in total. The van der Waals surface area contributed by atoms with Gasteiger partial charge in [0.2, 0.25) is 52.7 Å². The van der Waals surface area contributed by atoms with Gasteiger partial charge in [0.25, 0.3) is 11.8 Å². The van der Waals surface area contributed by atoms with E-state index in [1.165, 1.54) is 80.7 Å². The monoisotopic (exact) mass is 1320 g/mol. The van der Waals surface area contributed by atoms with E-state index in [-0.39, 0.29) is 71.8 Å². The van der Waals surface area contributed by atoms with Crippen LogP contribution in [0.15, 0.2) is 21.3 Å². The number of nitrogens with zero attached hydrogens (tertiary/aromatic N) is 7. The van der Waals surface area contributed by atoms with Crippen molar-refractivity contribution in [2.45, 2.75) is 195 Å². The van der Waals surface area contributed by atoms with E-state index >= 15 is 14.4 Å². The van der Waals surface area contributed by atoms with Crippen molar-refractivity contribution in [2.75, 3.05) is 66.2 Å². The number of unbranched alkanes of at least 4 members (excludes halogenated alkanes) is 2. The smallest absolute Gasteiger partial charge is 0.329 e. The average molecular weight is 1330 g/mol. The lowest BCUT2D eigenvalue weighted by Gasteiger charge is -2.36. The zero-order valence-electron chi connectivity index (χ0n) is 57.9. The first-order valence-electron chi connectivity index (χ1n) is 33.0. The van der Waals surface area contributed by atoms with E-state index in [9.17, 15) is 47.9 Å². The van der Waals surface area contributed by atoms with Crippen LogP contribution in [0.2, 0.25) is 0 Å². The van der Waals surface area contributed by atoms with Gasteiger partial charge in [0.05, 0.1) is 29.9 Å². The molecule has 0 bridgehead atoms. The van der Waals surface area contributed by atoms with Crippen molar-refractivity contribution in [2.24, 2.45) is 23.7 Å². The third-order valence-electron chi connectivity index (χ3n) is 18.6. The van der Waals surface area contributed by atoms with E-state index in [4.69, 9.17) is 18.9 Å². The second kappa shape index (κ2) is 30.8. The molecule has 1 aliphatic carbocycles. The van der Waals surface area contributed by atoms with Crippen molar-refractivity contribution >= 4 is 87.8 Å². The molecule has 5 heterocycles. The number of hydrogen-bond acceptors (Lipinski definition) is 18. The molecule has 6 aliphatic rings. The second-order valence-electron chi connectivity index (χ2n) is 27.1. The van der Waals surface area contributed by atoms with Crippen LogP contribution in [-0.2, 0) is 57.4 Å². The van der Waals surface area contributed by atoms with Gasteiger partial charge in [-0.1, -0.05) is 81.2 Å². The predicted octanol–water partition coefficient (Wildman–Crippen LogP) is 2.75. The van der Waals surface area contributed by atoms with Crippen LogP contribution in [0, 0.1) is 37.5 Å². The Bertz CT molecular complexity index is 3510. The van der Waals surface area contributed by atoms with Gasteiger partial charge < -0.3 is 69.9 Å². The maximum atomic E-state index is 15.7. The van der Waals surface area contributed by atoms with Gasteiger partial charge >= 0.3 is 11.9 Å². The van der Waals surface area contributed by atoms with Gasteiger partial charge in [-0.25, -0.2) is 14.6 Å². The topological polar surface area (TPSA) is 346 Å². The Hall–Kier alpha value is -8.72. The zero-order valence-corrected chi connectivity index (χ0v) is 57.9. The lowest BCUT2D eigenvalue weighted by atomic mass is 9.97. The Morgan fingerprint density at radius 1 is 0.621 bits per heavy atom. The number of carbonyl (C=O) groups excluding carboxylic acids is 12. The fourth-order valence-electron chi connectivity index (χ4n) is 13.0. The minimum atomic E-state index is -1.86. The summed E-state index contributed by atoms with van der Waals surface area (Å²) in [4.78, 5) is 202. The van der Waals surface area contributed by atoms with E-state index in [0.29, 0.717) is 31.2 Å². The number of nitrogens with one attached hydrogen (secondary N) is 5. The lowest BCUT2D eigenvalue weighted by Crippen LogP contribution is -2.61. The van der Waals surface area contributed by atoms with Crippen molar-refractivity contribution in [1.82, 2.24) is 55.7 Å². The van der Waals surface area contributed by atoms with Gasteiger partial charge in [0.1, 0.15) is 71.8 Å². The van der Waals surface area contributed by atoms with Gasteiger partial charge in [0, 0.05) is 53.4 Å². The third kappa shape index (κ3) is 15.7. The summed E-state index contributed by atoms with van der Waals surface area (Å²) >= 11 is 0. The van der Waals surface area contributed by atoms with Gasteiger partial charge in [0.15, 0.2) is 11.3 Å². The summed E-state index contributed by atoms with van der Waals surface area (Å²) in [5.41, 5.74) is -1.84. The minimum Gasteiger partial charge on any atom is -0.458 e. The Balaban J connectivity index is 1.37. The molecule has 520 valence electrons. The Kier molecular flexibility index (Phi) is 23.9. The van der Waals surface area contributed by atoms with E-state index < -0.39 is 179 Å². The molecule has 28 heteroatoms. The molecule has 4 saturated heterocycles. The molecule has 10 atom stereocenters. The fourth-order valence-corrected chi connectivity index (χ4v) is 13.0. The van der Waals surface area contributed by atoms with Gasteiger partial charge in [-0.2, -0.15) is 0 Å². The van der Waals surface area contributed by atoms with Crippen molar-refractivity contribution in [3.63, 3.8) is 0 Å². The number of ether oxygens (including phenoxy) is 2. The number of rotatable bonds is 13. The fraction of sp³-hybridized carbons (Fsp3) is 0.642. The van der Waals surface area contributed by atoms with E-state index in [2.05, 4.69) is 26.6 Å². The molecule has 10 amide bonds. The highest BCUT2D eigenvalue weighted by atomic mass is 16.6. The van der Waals surface area contributed by atoms with Crippen LogP contribution < -0.4 is 32.0 Å². The number of benzene rings is 2. The lowest BCUT2D eigenvalue weighted by molar-refractivity contribution is -0.163. The number of likely N-dealkylation sites (N-methyl/N-ethyl adjacent to an activating group) is 4. The number of esters is 2. The van der Waals surface area contributed by atoms with Gasteiger partial charge in [-0.3, -0.25) is 52.7 Å². The molecule has 95 heavy (non-hydrogen) atoms. The number of aromatic nitrogens is 1. The number of anilines is 1. The Labute approximate surface area is 554 Å². The highest BCUT2D eigenvalue weighted by Gasteiger charge is 2.47. The highest BCUT2D eigenvalue weighted by Crippen LogP contribution is 2.36. The maximum absolute atomic E-state index is 15.7. The van der Waals surface area contributed by atoms with Crippen molar-refractivity contribution in [3.8, 4) is 11.5 Å². The Morgan fingerprint density at radius 3 is 1.51 bits per heavy atom. The normalized spacial score (nSPS) is 25.4. The molecule has 4 fully saturated rings. The third-order valence-corrected chi connectivity index (χ3v) is 18.6. The molecule has 5 aliphatic heterocycles. The number of hydrogen-bond donors (Lipinski definition) is 5. The van der Waals surface area contributed by atoms with E-state index in [0.717, 1.165) is 16.2 Å². The minimum absolute atomic E-state index is 0.0131. The molecule has 0 saturated carbocycles. The first-order valence-corrected chi connectivity index (χ1v) is 33.0. The maximum Gasteiger partial charge on any atom is 0.329 e. The van der Waals surface area contributed by atoms with E-state index in [1.807, 2.05) is 6.92 Å². The molecule has 0 aromatic heterocycles. The largest absolute Gasteiger partial charge is 0.458 e. The zero-order chi connectivity index (χ0) is 70.5. The SMILES string of the molecule is CCCCCNc1c(C(=O)NC2C(=O)NC(C(C)C)C(=O)N3CCCC3C(=O)N(C)CC(=O)N(C)C(C(C)C)C(=O)OC2C)c2nc3c(C(=O)NC4C(=O)NC(C(C)C)C(=O)N5CCCC5C(=O)N(C)CC(=O)N(C)C(C(C)C)C(=O)OC4C)ccc(C)c3oc-2c(C)c1=O. The quantitative estimate of drug-likeness (QED) is 0.0933. The molecule has 0 spiro atoms. The molecule has 1 aromatic carbocycles. The van der Waals surface area contributed by atoms with E-state index in [1.54, 1.807) is 62.3 Å². The number of cyclic esters (lactones) is 2. The Morgan fingerprint density at radius 2 is 1.07 bits per heavy atom. The number of fused-ring (bicyclic) bond motifs is 4. The van der Waals surface area contributed by atoms with Crippen LogP contribution in [0.25, 0.3) is 22.6 Å². The number of aryl methyl sites for hydroxylation is 1. The molecular formula is C67H96N12O16. The predicted molar refractivity (Wildman–Crippen MR) is 349 cm³/mol. The molecule has 28 nitrogen and oxygen atoms in total. The molecular weight excluding hydrogens is 1230 g/mol.